The van der Waals surface area contributed by atoms with E-state index in [9.17, 15) is 15.2 Å². The van der Waals surface area contributed by atoms with Gasteiger partial charge in [-0.25, -0.2) is 0 Å². The number of anilines is 1. The number of rotatable bonds is 3. The molecule has 9 heteroatoms. The normalized spacial score (nSPS) is 11.2. The van der Waals surface area contributed by atoms with Crippen LogP contribution in [0, 0.1) is 24.0 Å². The van der Waals surface area contributed by atoms with Crippen molar-refractivity contribution in [3.63, 3.8) is 0 Å². The number of aromatic amines is 1. The summed E-state index contributed by atoms with van der Waals surface area (Å²) in [5.74, 6) is -0.237. The SMILES string of the molecule is Cc1cccc(NC(=S)N=Nc2c(O)[nH]c3ccc([N+](=O)[O-])cc23)c1C. The summed E-state index contributed by atoms with van der Waals surface area (Å²) in [5, 5.41) is 32.3. The first-order valence-corrected chi connectivity index (χ1v) is 8.05. The van der Waals surface area contributed by atoms with Crippen molar-refractivity contribution in [2.45, 2.75) is 13.8 Å². The Kier molecular flexibility index (Phi) is 4.63. The molecular formula is C17H15N5O3S. The molecular weight excluding hydrogens is 354 g/mol. The number of nitro groups is 1. The summed E-state index contributed by atoms with van der Waals surface area (Å²) < 4.78 is 0. The molecule has 3 rings (SSSR count). The van der Waals surface area contributed by atoms with Gasteiger partial charge >= 0.3 is 0 Å². The predicted octanol–water partition coefficient (Wildman–Crippen LogP) is 4.88. The summed E-state index contributed by atoms with van der Waals surface area (Å²) in [6.07, 6.45) is 0. The third-order valence-corrected chi connectivity index (χ3v) is 4.22. The molecule has 132 valence electrons. The molecule has 0 radical (unpaired) electrons. The summed E-state index contributed by atoms with van der Waals surface area (Å²) in [6.45, 7) is 3.95. The zero-order valence-electron chi connectivity index (χ0n) is 14.0. The second-order valence-corrected chi connectivity index (χ2v) is 6.07. The van der Waals surface area contributed by atoms with Crippen LogP contribution in [-0.4, -0.2) is 20.1 Å². The molecule has 3 N–H and O–H groups in total. The predicted molar refractivity (Wildman–Crippen MR) is 103 cm³/mol. The van der Waals surface area contributed by atoms with Gasteiger partial charge < -0.3 is 15.4 Å². The van der Waals surface area contributed by atoms with Crippen molar-refractivity contribution in [2.75, 3.05) is 5.32 Å². The first-order valence-electron chi connectivity index (χ1n) is 7.65. The van der Waals surface area contributed by atoms with E-state index in [1.165, 1.54) is 18.2 Å². The minimum Gasteiger partial charge on any atom is -0.493 e. The minimum absolute atomic E-state index is 0.0915. The molecule has 0 unspecified atom stereocenters. The number of H-pyrrole nitrogens is 1. The van der Waals surface area contributed by atoms with Gasteiger partial charge in [0.25, 0.3) is 5.69 Å². The van der Waals surface area contributed by atoms with E-state index in [0.717, 1.165) is 16.8 Å². The molecule has 2 aromatic carbocycles. The number of non-ortho nitro benzene ring substituents is 1. The Labute approximate surface area is 153 Å². The summed E-state index contributed by atoms with van der Waals surface area (Å²) in [4.78, 5) is 13.1. The molecule has 1 aromatic heterocycles. The number of hydrogen-bond donors (Lipinski definition) is 3. The van der Waals surface area contributed by atoms with Crippen molar-refractivity contribution in [1.29, 1.82) is 0 Å². The number of azo groups is 1. The number of nitrogens with one attached hydrogen (secondary N) is 2. The quantitative estimate of drug-likeness (QED) is 0.263. The topological polar surface area (TPSA) is 116 Å². The molecule has 0 spiro atoms. The number of hydrogen-bond acceptors (Lipinski definition) is 5. The monoisotopic (exact) mass is 369 g/mol. The highest BCUT2D eigenvalue weighted by molar-refractivity contribution is 7.80. The molecule has 0 aliphatic heterocycles. The first-order chi connectivity index (χ1) is 12.4. The Morgan fingerprint density at radius 2 is 2.08 bits per heavy atom. The van der Waals surface area contributed by atoms with Gasteiger partial charge in [-0.1, -0.05) is 12.1 Å². The smallest absolute Gasteiger partial charge is 0.270 e. The lowest BCUT2D eigenvalue weighted by molar-refractivity contribution is -0.384. The van der Waals surface area contributed by atoms with Gasteiger partial charge in [0.15, 0.2) is 5.69 Å². The number of fused-ring (bicyclic) bond motifs is 1. The Balaban J connectivity index is 1.89. The lowest BCUT2D eigenvalue weighted by atomic mass is 10.1. The van der Waals surface area contributed by atoms with Crippen LogP contribution in [0.15, 0.2) is 46.6 Å². The Morgan fingerprint density at radius 1 is 1.31 bits per heavy atom. The van der Waals surface area contributed by atoms with Gasteiger partial charge in [0.05, 0.1) is 10.4 Å². The Hall–Kier alpha value is -3.33. The highest BCUT2D eigenvalue weighted by atomic mass is 32.1. The number of nitrogens with zero attached hydrogens (tertiary/aromatic N) is 3. The lowest BCUT2D eigenvalue weighted by Gasteiger charge is -2.08. The zero-order valence-corrected chi connectivity index (χ0v) is 14.8. The molecule has 8 nitrogen and oxygen atoms in total. The average molecular weight is 369 g/mol. The van der Waals surface area contributed by atoms with E-state index in [1.54, 1.807) is 0 Å². The molecule has 0 atom stereocenters. The molecule has 0 saturated heterocycles. The fraction of sp³-hybridized carbons (Fsp3) is 0.118. The molecule has 1 heterocycles. The van der Waals surface area contributed by atoms with Gasteiger partial charge in [-0.15, -0.1) is 10.2 Å². The average Bonchev–Trinajstić information content (AvgIpc) is 2.91. The molecule has 0 bridgehead atoms. The number of aromatic hydroxyl groups is 1. The molecule has 26 heavy (non-hydrogen) atoms. The van der Waals surface area contributed by atoms with E-state index in [1.807, 2.05) is 32.0 Å². The summed E-state index contributed by atoms with van der Waals surface area (Å²) in [5.41, 5.74) is 3.45. The van der Waals surface area contributed by atoms with Crippen LogP contribution in [0.1, 0.15) is 11.1 Å². The highest BCUT2D eigenvalue weighted by Gasteiger charge is 2.15. The maximum absolute atomic E-state index is 10.9. The number of nitro benzene ring substituents is 1. The number of benzene rings is 2. The largest absolute Gasteiger partial charge is 0.493 e. The van der Waals surface area contributed by atoms with Crippen molar-refractivity contribution in [2.24, 2.45) is 10.2 Å². The third-order valence-electron chi connectivity index (χ3n) is 4.03. The lowest BCUT2D eigenvalue weighted by Crippen LogP contribution is -2.06. The van der Waals surface area contributed by atoms with Crippen LogP contribution in [0.25, 0.3) is 10.9 Å². The van der Waals surface area contributed by atoms with E-state index in [2.05, 4.69) is 20.5 Å². The number of aromatic nitrogens is 1. The van der Waals surface area contributed by atoms with Crippen LogP contribution in [0.4, 0.5) is 17.1 Å². The number of aryl methyl sites for hydroxylation is 1. The zero-order chi connectivity index (χ0) is 18.8. The molecule has 0 aliphatic carbocycles. The van der Waals surface area contributed by atoms with Gasteiger partial charge in [0.1, 0.15) is 0 Å². The molecule has 0 saturated carbocycles. The van der Waals surface area contributed by atoms with E-state index < -0.39 is 4.92 Å². The van der Waals surface area contributed by atoms with Crippen LogP contribution < -0.4 is 5.32 Å². The van der Waals surface area contributed by atoms with Crippen LogP contribution in [0.5, 0.6) is 5.88 Å². The van der Waals surface area contributed by atoms with Crippen LogP contribution in [0.2, 0.25) is 0 Å². The first kappa shape index (κ1) is 17.5. The Bertz CT molecular complexity index is 1060. The summed E-state index contributed by atoms with van der Waals surface area (Å²) in [7, 11) is 0. The van der Waals surface area contributed by atoms with Crippen molar-refractivity contribution >= 4 is 45.3 Å². The Morgan fingerprint density at radius 3 is 2.81 bits per heavy atom. The molecule has 0 fully saturated rings. The fourth-order valence-corrected chi connectivity index (χ4v) is 2.64. The minimum atomic E-state index is -0.517. The van der Waals surface area contributed by atoms with E-state index in [0.29, 0.717) is 10.9 Å². The van der Waals surface area contributed by atoms with Crippen LogP contribution in [0.3, 0.4) is 0 Å². The second-order valence-electron chi connectivity index (χ2n) is 5.69. The van der Waals surface area contributed by atoms with Crippen molar-refractivity contribution in [1.82, 2.24) is 4.98 Å². The van der Waals surface area contributed by atoms with Crippen LogP contribution >= 0.6 is 12.2 Å². The van der Waals surface area contributed by atoms with Crippen molar-refractivity contribution in [3.05, 3.63) is 57.6 Å². The molecule has 0 amide bonds. The number of thiocarbonyl (C=S) groups is 1. The molecule has 0 aliphatic rings. The maximum atomic E-state index is 10.9. The maximum Gasteiger partial charge on any atom is 0.270 e. The van der Waals surface area contributed by atoms with Gasteiger partial charge in [-0.05, 0) is 49.3 Å². The van der Waals surface area contributed by atoms with Crippen LogP contribution in [-0.2, 0) is 0 Å². The van der Waals surface area contributed by atoms with Gasteiger partial charge in [0.2, 0.25) is 11.0 Å². The van der Waals surface area contributed by atoms with Crippen molar-refractivity contribution < 1.29 is 10.0 Å². The van der Waals surface area contributed by atoms with Gasteiger partial charge in [-0.2, -0.15) is 0 Å². The van der Waals surface area contributed by atoms with E-state index >= 15 is 0 Å². The third kappa shape index (κ3) is 3.38. The van der Waals surface area contributed by atoms with Gasteiger partial charge in [0, 0.05) is 23.2 Å². The highest BCUT2D eigenvalue weighted by Crippen LogP contribution is 2.37. The molecule has 3 aromatic rings. The standard InChI is InChI=1S/C17H15N5O3S/c1-9-4-3-5-13(10(9)2)19-17(26)21-20-15-12-8-11(22(24)25)6-7-14(12)18-16(15)23/h3-8,18,23H,1-2H3,(H,19,26). The van der Waals surface area contributed by atoms with E-state index in [-0.39, 0.29) is 22.4 Å². The fourth-order valence-electron chi connectivity index (χ4n) is 2.49. The summed E-state index contributed by atoms with van der Waals surface area (Å²) >= 11 is 5.17. The van der Waals surface area contributed by atoms with Crippen molar-refractivity contribution in [3.8, 4) is 5.88 Å². The van der Waals surface area contributed by atoms with Gasteiger partial charge in [-0.3, -0.25) is 10.1 Å². The summed E-state index contributed by atoms with van der Waals surface area (Å²) in [6, 6.07) is 9.92. The van der Waals surface area contributed by atoms with E-state index in [4.69, 9.17) is 12.2 Å². The second kappa shape index (κ2) is 6.89.